The molecule has 1 N–H and O–H groups in total. The quantitative estimate of drug-likeness (QED) is 0.737. The summed E-state index contributed by atoms with van der Waals surface area (Å²) in [7, 11) is 0. The van der Waals surface area contributed by atoms with E-state index in [0.717, 1.165) is 6.42 Å². The van der Waals surface area contributed by atoms with Crippen LogP contribution >= 0.6 is 0 Å². The largest absolute Gasteiger partial charge is 0.307 e. The second-order valence-corrected chi connectivity index (χ2v) is 4.67. The van der Waals surface area contributed by atoms with Crippen LogP contribution < -0.4 is 5.32 Å². The van der Waals surface area contributed by atoms with Gasteiger partial charge in [0.15, 0.2) is 0 Å². The molecule has 0 saturated heterocycles. The lowest BCUT2D eigenvalue weighted by Gasteiger charge is -2.21. The first kappa shape index (κ1) is 13.0. The Morgan fingerprint density at radius 3 is 2.62 bits per heavy atom. The Bertz CT molecular complexity index is 354. The Kier molecular flexibility index (Phi) is 4.75. The summed E-state index contributed by atoms with van der Waals surface area (Å²) in [5.41, 5.74) is 4.08. The molecule has 0 aromatic heterocycles. The highest BCUT2D eigenvalue weighted by molar-refractivity contribution is 5.32. The summed E-state index contributed by atoms with van der Waals surface area (Å²) in [5.74, 6) is 0. The summed E-state index contributed by atoms with van der Waals surface area (Å²) >= 11 is 0. The average molecular weight is 217 g/mol. The molecular weight excluding hydrogens is 194 g/mol. The van der Waals surface area contributed by atoms with Gasteiger partial charge in [-0.3, -0.25) is 0 Å². The van der Waals surface area contributed by atoms with Gasteiger partial charge in [-0.2, -0.15) is 0 Å². The van der Waals surface area contributed by atoms with Gasteiger partial charge in [0.25, 0.3) is 0 Å². The third-order valence-corrected chi connectivity index (χ3v) is 2.96. The summed E-state index contributed by atoms with van der Waals surface area (Å²) in [4.78, 5) is 0. The van der Waals surface area contributed by atoms with Crippen LogP contribution in [0.3, 0.4) is 0 Å². The smallest absolute Gasteiger partial charge is 0.0297 e. The third-order valence-electron chi connectivity index (χ3n) is 2.96. The van der Waals surface area contributed by atoms with Crippen molar-refractivity contribution >= 4 is 0 Å². The van der Waals surface area contributed by atoms with Crippen molar-refractivity contribution in [1.29, 1.82) is 0 Å². The Hall–Kier alpha value is -1.08. The monoisotopic (exact) mass is 217 g/mol. The first-order valence-electron chi connectivity index (χ1n) is 5.98. The van der Waals surface area contributed by atoms with Crippen molar-refractivity contribution < 1.29 is 0 Å². The lowest BCUT2D eigenvalue weighted by molar-refractivity contribution is 0.481. The molecule has 2 atom stereocenters. The molecule has 0 heterocycles. The van der Waals surface area contributed by atoms with Crippen LogP contribution in [-0.2, 0) is 0 Å². The van der Waals surface area contributed by atoms with Crippen molar-refractivity contribution in [2.24, 2.45) is 0 Å². The van der Waals surface area contributed by atoms with Crippen LogP contribution in [0.4, 0.5) is 0 Å². The summed E-state index contributed by atoms with van der Waals surface area (Å²) < 4.78 is 0. The standard InChI is InChI=1S/C15H23N/c1-6-7-13(4)16-14(5)15-10-11(2)8-9-12(15)3/h6,8-10,13-14,16H,1,7H2,2-5H3. The molecule has 2 unspecified atom stereocenters. The van der Waals surface area contributed by atoms with Crippen molar-refractivity contribution in [3.8, 4) is 0 Å². The number of rotatable bonds is 5. The number of nitrogens with one attached hydrogen (secondary N) is 1. The molecule has 1 rings (SSSR count). The SMILES string of the molecule is C=CCC(C)NC(C)c1cc(C)ccc1C. The molecular formula is C15H23N. The van der Waals surface area contributed by atoms with Crippen molar-refractivity contribution in [3.05, 3.63) is 47.5 Å². The predicted molar refractivity (Wildman–Crippen MR) is 71.7 cm³/mol. The van der Waals surface area contributed by atoms with E-state index in [-0.39, 0.29) is 0 Å². The molecule has 0 fully saturated rings. The van der Waals surface area contributed by atoms with Crippen LogP contribution in [0.1, 0.15) is 43.0 Å². The van der Waals surface area contributed by atoms with Crippen molar-refractivity contribution in [2.75, 3.05) is 0 Å². The summed E-state index contributed by atoms with van der Waals surface area (Å²) in [6, 6.07) is 7.51. The topological polar surface area (TPSA) is 12.0 Å². The van der Waals surface area contributed by atoms with Crippen molar-refractivity contribution in [1.82, 2.24) is 5.32 Å². The van der Waals surface area contributed by atoms with E-state index in [2.05, 4.69) is 57.8 Å². The molecule has 0 radical (unpaired) electrons. The molecule has 1 heteroatoms. The molecule has 1 aromatic rings. The molecule has 1 nitrogen and oxygen atoms in total. The van der Waals surface area contributed by atoms with Gasteiger partial charge in [-0.25, -0.2) is 0 Å². The minimum Gasteiger partial charge on any atom is -0.307 e. The van der Waals surface area contributed by atoms with E-state index in [9.17, 15) is 0 Å². The molecule has 0 aliphatic rings. The van der Waals surface area contributed by atoms with Crippen molar-refractivity contribution in [3.63, 3.8) is 0 Å². The first-order valence-corrected chi connectivity index (χ1v) is 5.98. The molecule has 0 aliphatic heterocycles. The van der Waals surface area contributed by atoms with Gasteiger partial charge in [0.1, 0.15) is 0 Å². The van der Waals surface area contributed by atoms with Crippen molar-refractivity contribution in [2.45, 2.75) is 46.2 Å². The summed E-state index contributed by atoms with van der Waals surface area (Å²) in [6.45, 7) is 12.5. The molecule has 0 aliphatic carbocycles. The Morgan fingerprint density at radius 1 is 1.31 bits per heavy atom. The fourth-order valence-electron chi connectivity index (χ4n) is 2.06. The molecule has 1 aromatic carbocycles. The van der Waals surface area contributed by atoms with Gasteiger partial charge in [-0.1, -0.05) is 29.8 Å². The van der Waals surface area contributed by atoms with Crippen LogP contribution in [0.25, 0.3) is 0 Å². The maximum absolute atomic E-state index is 3.77. The van der Waals surface area contributed by atoms with Gasteiger partial charge >= 0.3 is 0 Å². The molecule has 0 saturated carbocycles. The van der Waals surface area contributed by atoms with Gasteiger partial charge in [0, 0.05) is 12.1 Å². The van der Waals surface area contributed by atoms with E-state index in [1.165, 1.54) is 16.7 Å². The van der Waals surface area contributed by atoms with Gasteiger partial charge in [0.2, 0.25) is 0 Å². The second-order valence-electron chi connectivity index (χ2n) is 4.67. The van der Waals surface area contributed by atoms with E-state index in [1.54, 1.807) is 0 Å². The maximum Gasteiger partial charge on any atom is 0.0297 e. The summed E-state index contributed by atoms with van der Waals surface area (Å²) in [5, 5.41) is 3.59. The predicted octanol–water partition coefficient (Wildman–Crippen LogP) is 3.92. The fourth-order valence-corrected chi connectivity index (χ4v) is 2.06. The van der Waals surface area contributed by atoms with Crippen LogP contribution in [0, 0.1) is 13.8 Å². The highest BCUT2D eigenvalue weighted by Gasteiger charge is 2.10. The molecule has 16 heavy (non-hydrogen) atoms. The van der Waals surface area contributed by atoms with Gasteiger partial charge in [-0.05, 0) is 45.2 Å². The molecule has 0 spiro atoms. The van der Waals surface area contributed by atoms with E-state index >= 15 is 0 Å². The Balaban J connectivity index is 2.75. The normalized spacial score (nSPS) is 14.5. The van der Waals surface area contributed by atoms with Crippen LogP contribution in [0.5, 0.6) is 0 Å². The van der Waals surface area contributed by atoms with Gasteiger partial charge in [-0.15, -0.1) is 6.58 Å². The average Bonchev–Trinajstić information content (AvgIpc) is 2.21. The first-order chi connectivity index (χ1) is 7.54. The third kappa shape index (κ3) is 3.49. The van der Waals surface area contributed by atoms with Crippen LogP contribution in [0.2, 0.25) is 0 Å². The summed E-state index contributed by atoms with van der Waals surface area (Å²) in [6.07, 6.45) is 2.97. The van der Waals surface area contributed by atoms with E-state index < -0.39 is 0 Å². The molecule has 0 amide bonds. The Labute approximate surface area is 99.6 Å². The number of benzene rings is 1. The van der Waals surface area contributed by atoms with Gasteiger partial charge < -0.3 is 5.32 Å². The van der Waals surface area contributed by atoms with Crippen LogP contribution in [-0.4, -0.2) is 6.04 Å². The number of aryl methyl sites for hydroxylation is 2. The minimum absolute atomic E-state index is 0.398. The highest BCUT2D eigenvalue weighted by atomic mass is 14.9. The lowest BCUT2D eigenvalue weighted by Crippen LogP contribution is -2.28. The maximum atomic E-state index is 3.77. The highest BCUT2D eigenvalue weighted by Crippen LogP contribution is 2.19. The Morgan fingerprint density at radius 2 is 2.00 bits per heavy atom. The lowest BCUT2D eigenvalue weighted by atomic mass is 9.99. The second kappa shape index (κ2) is 5.86. The van der Waals surface area contributed by atoms with E-state index in [4.69, 9.17) is 0 Å². The fraction of sp³-hybridized carbons (Fsp3) is 0.467. The van der Waals surface area contributed by atoms with E-state index in [1.807, 2.05) is 6.08 Å². The number of hydrogen-bond acceptors (Lipinski definition) is 1. The molecule has 88 valence electrons. The van der Waals surface area contributed by atoms with Crippen LogP contribution in [0.15, 0.2) is 30.9 Å². The zero-order chi connectivity index (χ0) is 12.1. The minimum atomic E-state index is 0.398. The van der Waals surface area contributed by atoms with Gasteiger partial charge in [0.05, 0.1) is 0 Å². The zero-order valence-corrected chi connectivity index (χ0v) is 10.9. The molecule has 0 bridgehead atoms. The number of hydrogen-bond donors (Lipinski definition) is 1. The van der Waals surface area contributed by atoms with E-state index in [0.29, 0.717) is 12.1 Å². The zero-order valence-electron chi connectivity index (χ0n) is 10.9.